The maximum Gasteiger partial charge on any atom is 0.325 e. The molecule has 1 unspecified atom stereocenters. The van der Waals surface area contributed by atoms with Crippen molar-refractivity contribution >= 4 is 11.9 Å². The van der Waals surface area contributed by atoms with E-state index in [-0.39, 0.29) is 23.7 Å². The van der Waals surface area contributed by atoms with Crippen molar-refractivity contribution in [3.8, 4) is 5.69 Å². The number of nitrogens with one attached hydrogen (secondary N) is 1. The van der Waals surface area contributed by atoms with E-state index in [2.05, 4.69) is 10.4 Å². The Morgan fingerprint density at radius 1 is 1.17 bits per heavy atom. The average Bonchev–Trinajstić information content (AvgIpc) is 3.08. The number of urea groups is 1. The summed E-state index contributed by atoms with van der Waals surface area (Å²) in [7, 11) is 0. The zero-order chi connectivity index (χ0) is 17.5. The van der Waals surface area contributed by atoms with Crippen molar-refractivity contribution in [2.75, 3.05) is 0 Å². The van der Waals surface area contributed by atoms with Crippen LogP contribution in [0.2, 0.25) is 0 Å². The molecule has 1 atom stereocenters. The van der Waals surface area contributed by atoms with Gasteiger partial charge in [0.05, 0.1) is 17.9 Å². The van der Waals surface area contributed by atoms with Gasteiger partial charge in [-0.1, -0.05) is 20.8 Å². The van der Waals surface area contributed by atoms with Crippen LogP contribution in [0.15, 0.2) is 36.5 Å². The number of amides is 3. The second-order valence-corrected chi connectivity index (χ2v) is 6.90. The number of carbonyl (C=O) groups excluding carboxylic acids is 2. The summed E-state index contributed by atoms with van der Waals surface area (Å²) < 4.78 is 14.6. The van der Waals surface area contributed by atoms with Gasteiger partial charge in [-0.25, -0.2) is 13.9 Å². The maximum atomic E-state index is 13.0. The molecule has 0 spiro atoms. The van der Waals surface area contributed by atoms with Gasteiger partial charge in [0, 0.05) is 6.20 Å². The molecule has 1 fully saturated rings. The minimum absolute atomic E-state index is 0.103. The molecule has 24 heavy (non-hydrogen) atoms. The van der Waals surface area contributed by atoms with E-state index in [0.29, 0.717) is 11.4 Å². The third-order valence-electron chi connectivity index (χ3n) is 3.95. The fourth-order valence-electron chi connectivity index (χ4n) is 2.60. The maximum absolute atomic E-state index is 13.0. The lowest BCUT2D eigenvalue weighted by Crippen LogP contribution is -2.41. The van der Waals surface area contributed by atoms with Gasteiger partial charge in [0.2, 0.25) is 0 Å². The highest BCUT2D eigenvalue weighted by Crippen LogP contribution is 2.25. The molecule has 1 aromatic heterocycles. The number of hydrogen-bond acceptors (Lipinski definition) is 3. The van der Waals surface area contributed by atoms with Gasteiger partial charge >= 0.3 is 6.03 Å². The highest BCUT2D eigenvalue weighted by molar-refractivity contribution is 6.04. The SMILES string of the molecule is CC(C)(C)C1NC(=O)N(Cc2ccn(-c3ccc(F)cc3)n2)C1=O. The standard InChI is InChI=1S/C17H19FN4O2/c1-17(2,3)14-15(23)21(16(24)19-14)10-12-8-9-22(20-12)13-6-4-11(18)5-7-13/h4-9,14H,10H2,1-3H3,(H,19,24). The smallest absolute Gasteiger partial charge is 0.325 e. The minimum Gasteiger partial charge on any atom is -0.325 e. The second-order valence-electron chi connectivity index (χ2n) is 6.90. The number of aromatic nitrogens is 2. The summed E-state index contributed by atoms with van der Waals surface area (Å²) in [6.45, 7) is 5.82. The normalized spacial score (nSPS) is 18.2. The molecule has 7 heteroatoms. The van der Waals surface area contributed by atoms with E-state index in [1.54, 1.807) is 29.1 Å². The van der Waals surface area contributed by atoms with Crippen LogP contribution < -0.4 is 5.32 Å². The van der Waals surface area contributed by atoms with Crippen LogP contribution in [-0.2, 0) is 11.3 Å². The largest absolute Gasteiger partial charge is 0.325 e. The highest BCUT2D eigenvalue weighted by atomic mass is 19.1. The number of halogens is 1. The lowest BCUT2D eigenvalue weighted by Gasteiger charge is -2.24. The molecule has 2 aromatic rings. The first kappa shape index (κ1) is 16.2. The number of nitrogens with zero attached hydrogens (tertiary/aromatic N) is 3. The van der Waals surface area contributed by atoms with Crippen LogP contribution in [0.5, 0.6) is 0 Å². The Morgan fingerprint density at radius 2 is 1.83 bits per heavy atom. The van der Waals surface area contributed by atoms with E-state index in [4.69, 9.17) is 0 Å². The molecule has 1 aromatic carbocycles. The molecule has 1 aliphatic heterocycles. The zero-order valence-corrected chi connectivity index (χ0v) is 13.8. The molecule has 3 amide bonds. The molecule has 0 saturated carbocycles. The Morgan fingerprint density at radius 3 is 2.42 bits per heavy atom. The molecule has 2 heterocycles. The van der Waals surface area contributed by atoms with Gasteiger partial charge in [-0.3, -0.25) is 9.69 Å². The number of hydrogen-bond donors (Lipinski definition) is 1. The van der Waals surface area contributed by atoms with Crippen molar-refractivity contribution in [3.63, 3.8) is 0 Å². The van der Waals surface area contributed by atoms with Crippen LogP contribution in [-0.4, -0.2) is 32.7 Å². The summed E-state index contributed by atoms with van der Waals surface area (Å²) in [6.07, 6.45) is 1.71. The molecule has 126 valence electrons. The van der Waals surface area contributed by atoms with Crippen LogP contribution in [0, 0.1) is 11.2 Å². The number of carbonyl (C=O) groups is 2. The van der Waals surface area contributed by atoms with Crippen LogP contribution in [0.3, 0.4) is 0 Å². The lowest BCUT2D eigenvalue weighted by atomic mass is 9.87. The predicted octanol–water partition coefficient (Wildman–Crippen LogP) is 2.48. The van der Waals surface area contributed by atoms with Crippen LogP contribution >= 0.6 is 0 Å². The third kappa shape index (κ3) is 3.02. The van der Waals surface area contributed by atoms with E-state index in [0.717, 1.165) is 0 Å². The first-order valence-corrected chi connectivity index (χ1v) is 7.68. The molecule has 0 aliphatic carbocycles. The molecule has 1 saturated heterocycles. The van der Waals surface area contributed by atoms with Crippen LogP contribution in [0.25, 0.3) is 5.69 Å². The van der Waals surface area contributed by atoms with Crippen LogP contribution in [0.4, 0.5) is 9.18 Å². The minimum atomic E-state index is -0.538. The van der Waals surface area contributed by atoms with E-state index < -0.39 is 12.1 Å². The number of rotatable bonds is 3. The molecule has 1 N–H and O–H groups in total. The Labute approximate surface area is 139 Å². The van der Waals surface area contributed by atoms with Gasteiger partial charge in [-0.2, -0.15) is 5.10 Å². The van der Waals surface area contributed by atoms with E-state index >= 15 is 0 Å². The summed E-state index contributed by atoms with van der Waals surface area (Å²) in [5.74, 6) is -0.567. The Bertz CT molecular complexity index is 777. The van der Waals surface area contributed by atoms with Gasteiger partial charge in [-0.05, 0) is 35.7 Å². The Balaban J connectivity index is 1.76. The van der Waals surface area contributed by atoms with Gasteiger partial charge < -0.3 is 5.32 Å². The first-order chi connectivity index (χ1) is 11.3. The average molecular weight is 330 g/mol. The van der Waals surface area contributed by atoms with Crippen molar-refractivity contribution in [1.82, 2.24) is 20.0 Å². The molecule has 0 bridgehead atoms. The topological polar surface area (TPSA) is 67.2 Å². The monoisotopic (exact) mass is 330 g/mol. The van der Waals surface area contributed by atoms with E-state index in [9.17, 15) is 14.0 Å². The van der Waals surface area contributed by atoms with E-state index in [1.807, 2.05) is 20.8 Å². The van der Waals surface area contributed by atoms with Gasteiger partial charge in [-0.15, -0.1) is 0 Å². The zero-order valence-electron chi connectivity index (χ0n) is 13.8. The summed E-state index contributed by atoms with van der Waals surface area (Å²) >= 11 is 0. The van der Waals surface area contributed by atoms with Crippen molar-refractivity contribution < 1.29 is 14.0 Å². The summed E-state index contributed by atoms with van der Waals surface area (Å²) in [5, 5.41) is 7.07. The summed E-state index contributed by atoms with van der Waals surface area (Å²) in [4.78, 5) is 25.7. The molecule has 6 nitrogen and oxygen atoms in total. The summed E-state index contributed by atoms with van der Waals surface area (Å²) in [6, 6.07) is 6.70. The van der Waals surface area contributed by atoms with Crippen molar-refractivity contribution in [2.24, 2.45) is 5.41 Å². The van der Waals surface area contributed by atoms with Gasteiger partial charge in [0.25, 0.3) is 5.91 Å². The predicted molar refractivity (Wildman–Crippen MR) is 85.8 cm³/mol. The van der Waals surface area contributed by atoms with Crippen molar-refractivity contribution in [3.05, 3.63) is 48.0 Å². The van der Waals surface area contributed by atoms with Gasteiger partial charge in [0.1, 0.15) is 11.9 Å². The fraction of sp³-hybridized carbons (Fsp3) is 0.353. The third-order valence-corrected chi connectivity index (χ3v) is 3.95. The molecule has 0 radical (unpaired) electrons. The molecule has 3 rings (SSSR count). The quantitative estimate of drug-likeness (QED) is 0.879. The van der Waals surface area contributed by atoms with Gasteiger partial charge in [0.15, 0.2) is 0 Å². The van der Waals surface area contributed by atoms with Crippen molar-refractivity contribution in [2.45, 2.75) is 33.4 Å². The van der Waals surface area contributed by atoms with E-state index in [1.165, 1.54) is 17.0 Å². The molecular weight excluding hydrogens is 311 g/mol. The van der Waals surface area contributed by atoms with Crippen LogP contribution in [0.1, 0.15) is 26.5 Å². The first-order valence-electron chi connectivity index (χ1n) is 7.68. The summed E-state index contributed by atoms with van der Waals surface area (Å²) in [5.41, 5.74) is 0.930. The molecular formula is C17H19FN4O2. The number of imide groups is 1. The Kier molecular flexibility index (Phi) is 3.87. The fourth-order valence-corrected chi connectivity index (χ4v) is 2.60. The molecule has 1 aliphatic rings. The lowest BCUT2D eigenvalue weighted by molar-refractivity contribution is -0.129. The second kappa shape index (κ2) is 5.74. The number of benzene rings is 1. The Hall–Kier alpha value is -2.70. The van der Waals surface area contributed by atoms with Crippen molar-refractivity contribution in [1.29, 1.82) is 0 Å². The highest BCUT2D eigenvalue weighted by Gasteiger charge is 2.44.